The second-order valence-electron chi connectivity index (χ2n) is 9.92. The lowest BCUT2D eigenvalue weighted by Crippen LogP contribution is -2.32. The van der Waals surface area contributed by atoms with Crippen LogP contribution in [0, 0.1) is 5.92 Å². The highest BCUT2D eigenvalue weighted by Crippen LogP contribution is 2.53. The fourth-order valence-electron chi connectivity index (χ4n) is 5.32. The number of para-hydroxylation sites is 1. The van der Waals surface area contributed by atoms with Crippen molar-refractivity contribution in [3.8, 4) is 11.5 Å². The van der Waals surface area contributed by atoms with Crippen LogP contribution in [0.25, 0.3) is 0 Å². The summed E-state index contributed by atoms with van der Waals surface area (Å²) >= 11 is 2.13. The number of alkyl halides is 3. The van der Waals surface area contributed by atoms with Crippen molar-refractivity contribution in [3.63, 3.8) is 0 Å². The molecule has 2 unspecified atom stereocenters. The van der Waals surface area contributed by atoms with Crippen LogP contribution < -0.4 is 24.6 Å². The van der Waals surface area contributed by atoms with Gasteiger partial charge in [-0.05, 0) is 48.0 Å². The average Bonchev–Trinajstić information content (AvgIpc) is 3.50. The van der Waals surface area contributed by atoms with Gasteiger partial charge in [-0.2, -0.15) is 13.2 Å². The van der Waals surface area contributed by atoms with E-state index in [4.69, 9.17) is 9.47 Å². The third-order valence-electron chi connectivity index (χ3n) is 7.22. The van der Waals surface area contributed by atoms with Crippen molar-refractivity contribution in [2.75, 3.05) is 23.9 Å². The topological polar surface area (TPSA) is 118 Å². The number of halogens is 3. The van der Waals surface area contributed by atoms with Crippen molar-refractivity contribution in [1.29, 1.82) is 0 Å². The number of methoxy groups -OCH3 is 1. The second-order valence-corrected chi connectivity index (χ2v) is 12.1. The first-order valence-electron chi connectivity index (χ1n) is 13.2. The fraction of sp³-hybridized carbons (Fsp3) is 0.200. The van der Waals surface area contributed by atoms with Gasteiger partial charge in [0.15, 0.2) is 18.1 Å². The summed E-state index contributed by atoms with van der Waals surface area (Å²) in [5.41, 5.74) is 0.104. The van der Waals surface area contributed by atoms with Gasteiger partial charge < -0.3 is 19.8 Å². The summed E-state index contributed by atoms with van der Waals surface area (Å²) in [7, 11) is 1.38. The smallest absolute Gasteiger partial charge is 0.416 e. The van der Waals surface area contributed by atoms with Crippen molar-refractivity contribution in [3.05, 3.63) is 98.5 Å². The maximum atomic E-state index is 13.8. The van der Waals surface area contributed by atoms with Gasteiger partial charge in [0.05, 0.1) is 29.3 Å². The molecule has 4 aromatic rings. The zero-order valence-electron chi connectivity index (χ0n) is 22.7. The number of thioether (sulfide) groups is 1. The molecule has 1 fully saturated rings. The van der Waals surface area contributed by atoms with E-state index in [1.807, 2.05) is 0 Å². The molecule has 3 heterocycles. The zero-order valence-corrected chi connectivity index (χ0v) is 24.3. The normalized spacial score (nSPS) is 19.4. The van der Waals surface area contributed by atoms with Gasteiger partial charge in [-0.15, -0.1) is 0 Å². The molecule has 0 spiro atoms. The number of hydrogen-bond acceptors (Lipinski definition) is 8. The Kier molecular flexibility index (Phi) is 7.72. The number of benzene rings is 3. The van der Waals surface area contributed by atoms with Crippen molar-refractivity contribution < 1.29 is 37.0 Å². The predicted octanol–water partition coefficient (Wildman–Crippen LogP) is 5.28. The van der Waals surface area contributed by atoms with Crippen LogP contribution in [0.4, 0.5) is 24.5 Å². The van der Waals surface area contributed by atoms with Gasteiger partial charge >= 0.3 is 11.0 Å². The molecule has 226 valence electrons. The minimum Gasteiger partial charge on any atom is -0.493 e. The number of rotatable bonds is 7. The number of nitrogens with zero attached hydrogens (tertiary/aromatic N) is 1. The summed E-state index contributed by atoms with van der Waals surface area (Å²) in [5, 5.41) is 2.13. The maximum Gasteiger partial charge on any atom is 0.416 e. The van der Waals surface area contributed by atoms with Crippen LogP contribution in [-0.4, -0.2) is 41.7 Å². The molecule has 2 aliphatic rings. The first-order chi connectivity index (χ1) is 21.0. The van der Waals surface area contributed by atoms with Crippen molar-refractivity contribution in [2.45, 2.75) is 22.4 Å². The molecule has 0 radical (unpaired) electrons. The van der Waals surface area contributed by atoms with Crippen LogP contribution in [0.5, 0.6) is 11.5 Å². The molecule has 3 aromatic carbocycles. The summed E-state index contributed by atoms with van der Waals surface area (Å²) in [6, 6.07) is 17.7. The molecule has 3 amide bonds. The third-order valence-corrected chi connectivity index (χ3v) is 9.62. The number of thiazole rings is 1. The summed E-state index contributed by atoms with van der Waals surface area (Å²) in [5.74, 6) is -2.54. The Morgan fingerprint density at radius 2 is 1.75 bits per heavy atom. The Hall–Kier alpha value is -4.56. The first-order valence-corrected chi connectivity index (χ1v) is 14.8. The van der Waals surface area contributed by atoms with Gasteiger partial charge in [0.2, 0.25) is 11.8 Å². The highest BCUT2D eigenvalue weighted by Gasteiger charge is 2.56. The number of imide groups is 1. The van der Waals surface area contributed by atoms with Crippen LogP contribution in [0.1, 0.15) is 21.9 Å². The minimum absolute atomic E-state index is 0.0397. The second kappa shape index (κ2) is 11.5. The van der Waals surface area contributed by atoms with E-state index < -0.39 is 41.3 Å². The standard InChI is InChI=1S/C30H22F3N3O6S2/c1-41-20-12-15(10-11-19(20)42-14-21(37)34-17-7-5-6-16(13-17)30(31,32)33)22-23-25(43-26-24(22)44-29(40)35-26)28(39)36(27(23)38)18-8-3-2-4-9-18/h2-13,22-23,25H,14H2,1H3,(H,34,37)(H,35,40)/t22-,23?,25?/m1/s1. The van der Waals surface area contributed by atoms with E-state index in [-0.39, 0.29) is 33.9 Å². The van der Waals surface area contributed by atoms with E-state index in [1.165, 1.54) is 30.2 Å². The monoisotopic (exact) mass is 641 g/mol. The lowest BCUT2D eigenvalue weighted by molar-refractivity contribution is -0.137. The van der Waals surface area contributed by atoms with E-state index >= 15 is 0 Å². The Morgan fingerprint density at radius 3 is 2.48 bits per heavy atom. The molecule has 0 bridgehead atoms. The third kappa shape index (κ3) is 5.46. The maximum absolute atomic E-state index is 13.8. The average molecular weight is 642 g/mol. The van der Waals surface area contributed by atoms with Crippen LogP contribution in [0.2, 0.25) is 0 Å². The molecule has 0 aliphatic carbocycles. The van der Waals surface area contributed by atoms with Crippen LogP contribution in [-0.2, 0) is 20.6 Å². The van der Waals surface area contributed by atoms with Crippen LogP contribution >= 0.6 is 23.1 Å². The van der Waals surface area contributed by atoms with Crippen molar-refractivity contribution in [1.82, 2.24) is 4.98 Å². The molecule has 0 saturated carbocycles. The number of amides is 3. The summed E-state index contributed by atoms with van der Waals surface area (Å²) < 4.78 is 50.2. The Labute approximate surface area is 256 Å². The molecule has 9 nitrogen and oxygen atoms in total. The molecular formula is C30H22F3N3O6S2. The Morgan fingerprint density at radius 1 is 0.977 bits per heavy atom. The highest BCUT2D eigenvalue weighted by atomic mass is 32.2. The lowest BCUT2D eigenvalue weighted by atomic mass is 9.83. The van der Waals surface area contributed by atoms with Crippen LogP contribution in [0.15, 0.2) is 82.6 Å². The van der Waals surface area contributed by atoms with Gasteiger partial charge in [0.25, 0.3) is 5.91 Å². The molecule has 14 heteroatoms. The first kappa shape index (κ1) is 29.5. The van der Waals surface area contributed by atoms with Gasteiger partial charge in [0.1, 0.15) is 5.25 Å². The van der Waals surface area contributed by atoms with E-state index in [1.54, 1.807) is 42.5 Å². The lowest BCUT2D eigenvalue weighted by Gasteiger charge is -2.30. The van der Waals surface area contributed by atoms with Gasteiger partial charge in [0, 0.05) is 16.5 Å². The van der Waals surface area contributed by atoms with Gasteiger partial charge in [-0.25, -0.2) is 4.90 Å². The fourth-order valence-corrected chi connectivity index (χ4v) is 7.83. The molecular weight excluding hydrogens is 619 g/mol. The largest absolute Gasteiger partial charge is 0.493 e. The number of carbonyl (C=O) groups is 3. The molecule has 1 saturated heterocycles. The number of ether oxygens (including phenoxy) is 2. The number of nitrogens with one attached hydrogen (secondary N) is 2. The van der Waals surface area contributed by atoms with E-state index in [0.717, 1.165) is 35.2 Å². The molecule has 1 aromatic heterocycles. The number of fused-ring (bicyclic) bond motifs is 2. The number of hydrogen-bond donors (Lipinski definition) is 2. The summed E-state index contributed by atoms with van der Waals surface area (Å²) in [4.78, 5) is 56.5. The summed E-state index contributed by atoms with van der Waals surface area (Å²) in [6.07, 6.45) is -4.56. The SMILES string of the molecule is COc1cc([C@H]2c3sc(=O)[nH]c3SC3C(=O)N(c4ccccc4)C(=O)C32)ccc1OCC(=O)Nc1cccc(C(F)(F)F)c1. The van der Waals surface area contributed by atoms with Crippen molar-refractivity contribution >= 4 is 52.2 Å². The number of anilines is 2. The van der Waals surface area contributed by atoms with E-state index in [9.17, 15) is 32.3 Å². The van der Waals surface area contributed by atoms with Crippen LogP contribution in [0.3, 0.4) is 0 Å². The predicted molar refractivity (Wildman–Crippen MR) is 157 cm³/mol. The van der Waals surface area contributed by atoms with Crippen molar-refractivity contribution in [2.24, 2.45) is 5.92 Å². The minimum atomic E-state index is -4.56. The summed E-state index contributed by atoms with van der Waals surface area (Å²) in [6.45, 7) is -0.528. The molecule has 6 rings (SSSR count). The number of aromatic nitrogens is 1. The van der Waals surface area contributed by atoms with E-state index in [0.29, 0.717) is 21.2 Å². The number of carbonyl (C=O) groups excluding carboxylic acids is 3. The van der Waals surface area contributed by atoms with E-state index in [2.05, 4.69) is 10.3 Å². The molecule has 44 heavy (non-hydrogen) atoms. The number of H-pyrrole nitrogens is 1. The molecule has 2 aliphatic heterocycles. The number of aromatic amines is 1. The molecule has 2 N–H and O–H groups in total. The molecule has 3 atom stereocenters. The Bertz CT molecular complexity index is 1820. The Balaban J connectivity index is 1.26. The van der Waals surface area contributed by atoms with Gasteiger partial charge in [-0.3, -0.25) is 19.2 Å². The quantitative estimate of drug-likeness (QED) is 0.264. The van der Waals surface area contributed by atoms with Gasteiger partial charge in [-0.1, -0.05) is 53.4 Å². The highest BCUT2D eigenvalue weighted by molar-refractivity contribution is 8.00. The zero-order chi connectivity index (χ0) is 31.2.